The third-order valence-corrected chi connectivity index (χ3v) is 2.70. The second kappa shape index (κ2) is 5.30. The molecule has 15 heavy (non-hydrogen) atoms. The Morgan fingerprint density at radius 1 is 1.80 bits per heavy atom. The molecule has 0 atom stereocenters. The maximum atomic E-state index is 11.2. The van der Waals surface area contributed by atoms with Crippen molar-refractivity contribution in [3.8, 4) is 0 Å². The summed E-state index contributed by atoms with van der Waals surface area (Å²) in [7, 11) is 0. The summed E-state index contributed by atoms with van der Waals surface area (Å²) >= 11 is 1.48. The molecule has 7 heteroatoms. The molecule has 0 aromatic carbocycles. The number of hydrogen-bond donors (Lipinski definition) is 3. The fourth-order valence-electron chi connectivity index (χ4n) is 0.937. The van der Waals surface area contributed by atoms with E-state index in [2.05, 4.69) is 15.5 Å². The van der Waals surface area contributed by atoms with Gasteiger partial charge in [0.1, 0.15) is 5.84 Å². The van der Waals surface area contributed by atoms with Crippen LogP contribution in [0.3, 0.4) is 0 Å². The number of nitrogens with two attached hydrogens (primary N) is 1. The summed E-state index contributed by atoms with van der Waals surface area (Å²) in [5.74, 6) is -0.383. The standard InChI is InChI=1S/C8H12N4O2S/c1-5-6(15-4-11-5)3-10-8(13)2-7(9)12-14/h4,14H,2-3H2,1H3,(H2,9,12)(H,10,13). The van der Waals surface area contributed by atoms with Crippen molar-refractivity contribution < 1.29 is 10.0 Å². The van der Waals surface area contributed by atoms with Gasteiger partial charge in [0.2, 0.25) is 5.91 Å². The van der Waals surface area contributed by atoms with Gasteiger partial charge in [-0.1, -0.05) is 5.16 Å². The molecule has 6 nitrogen and oxygen atoms in total. The number of oxime groups is 1. The largest absolute Gasteiger partial charge is 0.409 e. The van der Waals surface area contributed by atoms with Crippen LogP contribution >= 0.6 is 11.3 Å². The molecule has 0 aliphatic carbocycles. The van der Waals surface area contributed by atoms with E-state index in [1.165, 1.54) is 11.3 Å². The van der Waals surface area contributed by atoms with Gasteiger partial charge < -0.3 is 16.3 Å². The van der Waals surface area contributed by atoms with E-state index in [-0.39, 0.29) is 18.2 Å². The summed E-state index contributed by atoms with van der Waals surface area (Å²) in [5.41, 5.74) is 7.81. The van der Waals surface area contributed by atoms with E-state index in [1.54, 1.807) is 5.51 Å². The summed E-state index contributed by atoms with van der Waals surface area (Å²) in [4.78, 5) is 16.3. The third kappa shape index (κ3) is 3.55. The van der Waals surface area contributed by atoms with Crippen molar-refractivity contribution in [2.75, 3.05) is 0 Å². The summed E-state index contributed by atoms with van der Waals surface area (Å²) in [6, 6.07) is 0. The predicted octanol–water partition coefficient (Wildman–Crippen LogP) is 0.204. The second-order valence-electron chi connectivity index (χ2n) is 2.91. The van der Waals surface area contributed by atoms with Crippen LogP contribution in [0.25, 0.3) is 0 Å². The summed E-state index contributed by atoms with van der Waals surface area (Å²) in [6.07, 6.45) is -0.103. The molecule has 0 saturated heterocycles. The van der Waals surface area contributed by atoms with Crippen molar-refractivity contribution in [2.24, 2.45) is 10.9 Å². The molecule has 0 aliphatic heterocycles. The molecular weight excluding hydrogens is 216 g/mol. The van der Waals surface area contributed by atoms with Crippen molar-refractivity contribution in [3.63, 3.8) is 0 Å². The maximum Gasteiger partial charge on any atom is 0.227 e. The monoisotopic (exact) mass is 228 g/mol. The van der Waals surface area contributed by atoms with Crippen molar-refractivity contribution in [1.82, 2.24) is 10.3 Å². The molecule has 1 rings (SSSR count). The quantitative estimate of drug-likeness (QED) is 0.296. The first-order valence-electron chi connectivity index (χ1n) is 4.25. The SMILES string of the molecule is Cc1ncsc1CNC(=O)CC(N)=NO. The van der Waals surface area contributed by atoms with Gasteiger partial charge in [-0.15, -0.1) is 11.3 Å². The average Bonchev–Trinajstić information content (AvgIpc) is 2.61. The molecule has 1 amide bonds. The number of hydrogen-bond acceptors (Lipinski definition) is 5. The number of aromatic nitrogens is 1. The maximum absolute atomic E-state index is 11.2. The van der Waals surface area contributed by atoms with Crippen LogP contribution in [0.4, 0.5) is 0 Å². The zero-order chi connectivity index (χ0) is 11.3. The topological polar surface area (TPSA) is 101 Å². The third-order valence-electron chi connectivity index (χ3n) is 1.76. The highest BCUT2D eigenvalue weighted by molar-refractivity contribution is 7.09. The van der Waals surface area contributed by atoms with E-state index in [0.717, 1.165) is 10.6 Å². The number of nitrogens with zero attached hydrogens (tertiary/aromatic N) is 2. The first-order valence-corrected chi connectivity index (χ1v) is 5.13. The van der Waals surface area contributed by atoms with Crippen LogP contribution in [-0.4, -0.2) is 21.9 Å². The van der Waals surface area contributed by atoms with Gasteiger partial charge in [-0.25, -0.2) is 4.98 Å². The lowest BCUT2D eigenvalue weighted by Gasteiger charge is -2.02. The Morgan fingerprint density at radius 3 is 3.07 bits per heavy atom. The van der Waals surface area contributed by atoms with E-state index in [0.29, 0.717) is 6.54 Å². The van der Waals surface area contributed by atoms with Gasteiger partial charge in [-0.05, 0) is 6.92 Å². The Balaban J connectivity index is 2.38. The molecule has 0 bridgehead atoms. The van der Waals surface area contributed by atoms with Gasteiger partial charge in [0.25, 0.3) is 0 Å². The molecular formula is C8H12N4O2S. The van der Waals surface area contributed by atoms with Gasteiger partial charge in [-0.2, -0.15) is 0 Å². The van der Waals surface area contributed by atoms with Crippen LogP contribution < -0.4 is 11.1 Å². The Bertz CT molecular complexity index is 374. The highest BCUT2D eigenvalue weighted by Gasteiger charge is 2.06. The number of amidine groups is 1. The van der Waals surface area contributed by atoms with Crippen molar-refractivity contribution in [3.05, 3.63) is 16.1 Å². The number of rotatable bonds is 4. The van der Waals surface area contributed by atoms with Crippen molar-refractivity contribution >= 4 is 23.1 Å². The summed E-state index contributed by atoms with van der Waals surface area (Å²) < 4.78 is 0. The summed E-state index contributed by atoms with van der Waals surface area (Å²) in [5, 5.41) is 13.6. The molecule has 82 valence electrons. The number of carbonyl (C=O) groups is 1. The Hall–Kier alpha value is -1.63. The Morgan fingerprint density at radius 2 is 2.53 bits per heavy atom. The van der Waals surface area contributed by atoms with E-state index < -0.39 is 0 Å². The van der Waals surface area contributed by atoms with Crippen LogP contribution in [0.1, 0.15) is 17.0 Å². The van der Waals surface area contributed by atoms with Gasteiger partial charge in [0.15, 0.2) is 0 Å². The van der Waals surface area contributed by atoms with E-state index in [9.17, 15) is 4.79 Å². The van der Waals surface area contributed by atoms with Gasteiger partial charge >= 0.3 is 0 Å². The number of carbonyl (C=O) groups excluding carboxylic acids is 1. The van der Waals surface area contributed by atoms with Gasteiger partial charge in [0, 0.05) is 4.88 Å². The number of aryl methyl sites for hydroxylation is 1. The Kier molecular flexibility index (Phi) is 4.04. The first-order chi connectivity index (χ1) is 7.13. The molecule has 1 heterocycles. The lowest BCUT2D eigenvalue weighted by Crippen LogP contribution is -2.28. The lowest BCUT2D eigenvalue weighted by atomic mass is 10.3. The van der Waals surface area contributed by atoms with Gasteiger partial charge in [0.05, 0.1) is 24.2 Å². The molecule has 0 fully saturated rings. The molecule has 0 saturated carbocycles. The molecule has 0 aliphatic rings. The highest BCUT2D eigenvalue weighted by atomic mass is 32.1. The smallest absolute Gasteiger partial charge is 0.227 e. The average molecular weight is 228 g/mol. The van der Waals surface area contributed by atoms with Crippen LogP contribution in [-0.2, 0) is 11.3 Å². The molecule has 4 N–H and O–H groups in total. The number of amides is 1. The molecule has 0 radical (unpaired) electrons. The number of thiazole rings is 1. The Labute approximate surface area is 90.8 Å². The highest BCUT2D eigenvalue weighted by Crippen LogP contribution is 2.10. The van der Waals surface area contributed by atoms with E-state index in [1.807, 2.05) is 6.92 Å². The fourth-order valence-corrected chi connectivity index (χ4v) is 1.65. The minimum atomic E-state index is -0.280. The van der Waals surface area contributed by atoms with Crippen LogP contribution in [0.15, 0.2) is 10.7 Å². The van der Waals surface area contributed by atoms with Crippen molar-refractivity contribution in [2.45, 2.75) is 19.9 Å². The normalized spacial score (nSPS) is 11.4. The van der Waals surface area contributed by atoms with Crippen LogP contribution in [0, 0.1) is 6.92 Å². The fraction of sp³-hybridized carbons (Fsp3) is 0.375. The number of nitrogens with one attached hydrogen (secondary N) is 1. The van der Waals surface area contributed by atoms with Crippen LogP contribution in [0.5, 0.6) is 0 Å². The van der Waals surface area contributed by atoms with Crippen molar-refractivity contribution in [1.29, 1.82) is 0 Å². The zero-order valence-corrected chi connectivity index (χ0v) is 9.04. The molecule has 0 spiro atoms. The van der Waals surface area contributed by atoms with Gasteiger partial charge in [-0.3, -0.25) is 4.79 Å². The van der Waals surface area contributed by atoms with E-state index in [4.69, 9.17) is 10.9 Å². The van der Waals surface area contributed by atoms with Crippen LogP contribution in [0.2, 0.25) is 0 Å². The second-order valence-corrected chi connectivity index (χ2v) is 3.85. The van der Waals surface area contributed by atoms with E-state index >= 15 is 0 Å². The molecule has 1 aromatic rings. The minimum absolute atomic E-state index is 0.103. The molecule has 0 unspecified atom stereocenters. The summed E-state index contributed by atoms with van der Waals surface area (Å²) in [6.45, 7) is 2.30. The molecule has 1 aromatic heterocycles. The zero-order valence-electron chi connectivity index (χ0n) is 8.23. The first kappa shape index (κ1) is 11.4. The lowest BCUT2D eigenvalue weighted by molar-refractivity contribution is -0.120. The minimum Gasteiger partial charge on any atom is -0.409 e. The predicted molar refractivity (Wildman–Crippen MR) is 56.7 cm³/mol.